The van der Waals surface area contributed by atoms with Gasteiger partial charge in [-0.15, -0.1) is 0 Å². The summed E-state index contributed by atoms with van der Waals surface area (Å²) in [6, 6.07) is 14.7. The Morgan fingerprint density at radius 1 is 0.809 bits per heavy atom. The van der Waals surface area contributed by atoms with Crippen LogP contribution in [0.15, 0.2) is 60.9 Å². The van der Waals surface area contributed by atoms with Gasteiger partial charge >= 0.3 is 103 Å². The van der Waals surface area contributed by atoms with E-state index in [1.54, 1.807) is 32.7 Å². The Balaban J connectivity index is -0.000000620. The molecule has 0 saturated heterocycles. The zero-order valence-corrected chi connectivity index (χ0v) is 37.4. The molecule has 0 saturated carbocycles. The molecule has 47 heavy (non-hydrogen) atoms. The third kappa shape index (κ3) is 18.6. The Morgan fingerprint density at radius 3 is 1.68 bits per heavy atom. The van der Waals surface area contributed by atoms with Crippen molar-refractivity contribution in [3.63, 3.8) is 0 Å². The summed E-state index contributed by atoms with van der Waals surface area (Å²) in [7, 11) is -1.58. The number of benzene rings is 2. The fourth-order valence-electron chi connectivity index (χ4n) is 3.21. The third-order valence-corrected chi connectivity index (χ3v) is 8.89. The van der Waals surface area contributed by atoms with Crippen molar-refractivity contribution < 1.29 is 138 Å². The molecule has 4 aromatic rings. The van der Waals surface area contributed by atoms with Gasteiger partial charge in [-0.2, -0.15) is 4.98 Å². The maximum Gasteiger partial charge on any atom is 1.00 e. The molecule has 0 spiro atoms. The van der Waals surface area contributed by atoms with Gasteiger partial charge in [0.1, 0.15) is 14.3 Å². The second-order valence-electron chi connectivity index (χ2n) is 9.15. The van der Waals surface area contributed by atoms with Crippen LogP contribution in [-0.4, -0.2) is 67.3 Å². The number of nitrogens with two attached hydrogens (primary N) is 1. The van der Waals surface area contributed by atoms with E-state index >= 15 is 0 Å². The second-order valence-corrected chi connectivity index (χ2v) is 16.6. The van der Waals surface area contributed by atoms with Crippen molar-refractivity contribution in [2.24, 2.45) is 0 Å². The minimum Gasteiger partial charge on any atom is -1.00 e. The maximum atomic E-state index is 12.3. The molecule has 2 heterocycles. The number of ether oxygens (including phenoxy) is 2. The van der Waals surface area contributed by atoms with Gasteiger partial charge in [0.15, 0.2) is 22.5 Å². The Bertz CT molecular complexity index is 1660. The van der Waals surface area contributed by atoms with Crippen LogP contribution >= 0.6 is 49.1 Å². The third-order valence-electron chi connectivity index (χ3n) is 5.14. The number of hydrogen-bond acceptors (Lipinski definition) is 13. The van der Waals surface area contributed by atoms with E-state index in [4.69, 9.17) is 60.1 Å². The molecule has 246 valence electrons. The molecule has 0 aliphatic heterocycles. The molecular weight excluding hydrogens is 767 g/mol. The van der Waals surface area contributed by atoms with E-state index in [9.17, 15) is 9.13 Å². The quantitative estimate of drug-likeness (QED) is 0.0339. The van der Waals surface area contributed by atoms with E-state index in [1.165, 1.54) is 26.6 Å². The maximum absolute atomic E-state index is 12.3. The molecule has 0 aliphatic rings. The van der Waals surface area contributed by atoms with Gasteiger partial charge in [0.25, 0.3) is 6.47 Å². The van der Waals surface area contributed by atoms with Crippen molar-refractivity contribution >= 4 is 83.4 Å². The summed E-state index contributed by atoms with van der Waals surface area (Å²) in [6.45, 7) is 6.70. The number of nitrogens with zero attached hydrogens (tertiary/aromatic N) is 4. The molecule has 4 rings (SSSR count). The minimum absolute atomic E-state index is 0. The second kappa shape index (κ2) is 24.9. The molecule has 3 N–H and O–H groups in total. The fourth-order valence-corrected chi connectivity index (χ4v) is 6.02. The number of halogens is 3. The van der Waals surface area contributed by atoms with Gasteiger partial charge in [-0.1, -0.05) is 35.9 Å². The largest absolute Gasteiger partial charge is 1.00 e. The van der Waals surface area contributed by atoms with Gasteiger partial charge in [0, 0.05) is 16.3 Å². The summed E-state index contributed by atoms with van der Waals surface area (Å²) in [5, 5.41) is 13.5. The van der Waals surface area contributed by atoms with E-state index in [1.807, 2.05) is 42.5 Å². The number of aromatic nitrogens is 4. The average Bonchev–Trinajstić information content (AvgIpc) is 2.97. The zero-order valence-electron chi connectivity index (χ0n) is 28.1. The SMILES string of the molecule is COc1cnc(Cl)nc1Cl.COc1cnc(Cl)nc1Nc1ccccc1P(C)(C)=O.CP(C)(=O)c1ccccc1N.O=CO[O-].[H-].[K+].[K+]. The monoisotopic (exact) mass is 798 g/mol. The number of carbonyl (C=O) groups excluding carboxylic acids is 1. The number of nitrogens with one attached hydrogen (secondary N) is 1. The molecule has 13 nitrogen and oxygen atoms in total. The summed E-state index contributed by atoms with van der Waals surface area (Å²) in [5.41, 5.74) is 6.98. The van der Waals surface area contributed by atoms with E-state index in [-0.39, 0.29) is 126 Å². The van der Waals surface area contributed by atoms with Crippen molar-refractivity contribution in [3.8, 4) is 11.5 Å². The number of nitrogen functional groups attached to an aromatic ring is 1. The van der Waals surface area contributed by atoms with E-state index < -0.39 is 14.3 Å². The predicted octanol–water partition coefficient (Wildman–Crippen LogP) is -1.01. The van der Waals surface area contributed by atoms with E-state index in [0.717, 1.165) is 10.6 Å². The Morgan fingerprint density at radius 2 is 1.26 bits per heavy atom. The molecular formula is C27H33Cl3K2N6O7P2. The van der Waals surface area contributed by atoms with Crippen LogP contribution in [0.25, 0.3) is 0 Å². The minimum atomic E-state index is -2.41. The molecule has 2 aromatic carbocycles. The number of hydrogen-bond donors (Lipinski definition) is 2. The summed E-state index contributed by atoms with van der Waals surface area (Å²) >= 11 is 16.8. The van der Waals surface area contributed by atoms with Crippen LogP contribution in [0.1, 0.15) is 1.43 Å². The molecule has 0 aliphatic carbocycles. The normalized spacial score (nSPS) is 9.91. The van der Waals surface area contributed by atoms with Gasteiger partial charge in [-0.3, -0.25) is 4.79 Å². The standard InChI is InChI=1S/C13H15ClN3O2P.C8H12NOP.C5H4Cl2N2O.CH2O3.2K.H/c1-19-10-8-15-13(14)17-12(10)16-9-6-4-5-7-11(9)20(2,3)18;1-11(2,10)8-6-4-3-5-7(8)9;1-10-3-2-8-5(7)9-4(3)6;2-1-4-3;;;/h4-8H,1-3H3,(H,15,16,17);3-6H,9H2,1-2H3;2H,1H3;1,3H;;;/q;;;;2*+1;-1/p-1. The Kier molecular flexibility index (Phi) is 25.9. The van der Waals surface area contributed by atoms with Crippen LogP contribution < -0.4 is 139 Å². The van der Waals surface area contributed by atoms with E-state index in [2.05, 4.69) is 30.1 Å². The van der Waals surface area contributed by atoms with Crippen LogP contribution in [0.2, 0.25) is 15.7 Å². The van der Waals surface area contributed by atoms with Gasteiger partial charge in [-0.05, 0) is 74.1 Å². The first-order chi connectivity index (χ1) is 21.1. The Hall–Kier alpha value is -0.167. The topological polar surface area (TPSA) is 192 Å². The number of methoxy groups -OCH3 is 2. The molecule has 0 atom stereocenters. The van der Waals surface area contributed by atoms with Crippen molar-refractivity contribution in [2.75, 3.05) is 51.9 Å². The predicted molar refractivity (Wildman–Crippen MR) is 179 cm³/mol. The average molecular weight is 800 g/mol. The number of rotatable bonds is 7. The number of para-hydroxylation sites is 2. The van der Waals surface area contributed by atoms with Crippen molar-refractivity contribution in [3.05, 3.63) is 76.6 Å². The zero-order chi connectivity index (χ0) is 34.2. The summed E-state index contributed by atoms with van der Waals surface area (Å²) in [6.07, 6.45) is 2.90. The van der Waals surface area contributed by atoms with Crippen LogP contribution in [-0.2, 0) is 18.8 Å². The molecule has 0 unspecified atom stereocenters. The van der Waals surface area contributed by atoms with Crippen LogP contribution in [0.4, 0.5) is 17.2 Å². The molecule has 2 aromatic heterocycles. The summed E-state index contributed by atoms with van der Waals surface area (Å²) < 4.78 is 33.8. The van der Waals surface area contributed by atoms with Crippen LogP contribution in [0.5, 0.6) is 11.5 Å². The number of carbonyl (C=O) groups is 1. The van der Waals surface area contributed by atoms with Gasteiger partial charge in [0.2, 0.25) is 10.6 Å². The molecule has 20 heteroatoms. The van der Waals surface area contributed by atoms with Crippen LogP contribution in [0, 0.1) is 0 Å². The van der Waals surface area contributed by atoms with Crippen LogP contribution in [0.3, 0.4) is 0 Å². The van der Waals surface area contributed by atoms with Crippen molar-refractivity contribution in [1.82, 2.24) is 19.9 Å². The summed E-state index contributed by atoms with van der Waals surface area (Å²) in [4.78, 5) is 26.5. The molecule has 0 amide bonds. The summed E-state index contributed by atoms with van der Waals surface area (Å²) in [5.74, 6) is 1.32. The first-order valence-electron chi connectivity index (χ1n) is 12.4. The van der Waals surface area contributed by atoms with Gasteiger partial charge < -0.3 is 41.2 Å². The molecule has 0 bridgehead atoms. The van der Waals surface area contributed by atoms with Crippen molar-refractivity contribution in [2.45, 2.75) is 0 Å². The number of anilines is 3. The molecule has 0 fully saturated rings. The van der Waals surface area contributed by atoms with Gasteiger partial charge in [0.05, 0.1) is 32.3 Å². The fraction of sp³-hybridized carbons (Fsp3) is 0.222. The first kappa shape index (κ1) is 48.9. The van der Waals surface area contributed by atoms with Gasteiger partial charge in [-0.25, -0.2) is 15.0 Å². The first-order valence-corrected chi connectivity index (χ1v) is 18.7. The molecule has 0 radical (unpaired) electrons. The van der Waals surface area contributed by atoms with E-state index in [0.29, 0.717) is 28.7 Å². The van der Waals surface area contributed by atoms with Crippen molar-refractivity contribution in [1.29, 1.82) is 0 Å². The smallest absolute Gasteiger partial charge is 1.00 e. The Labute approximate surface area is 375 Å².